The summed E-state index contributed by atoms with van der Waals surface area (Å²) in [7, 11) is 1.97. The summed E-state index contributed by atoms with van der Waals surface area (Å²) in [6, 6.07) is 4.91. The summed E-state index contributed by atoms with van der Waals surface area (Å²) in [4.78, 5) is 7.63. The highest BCUT2D eigenvalue weighted by molar-refractivity contribution is 5.65. The lowest BCUT2D eigenvalue weighted by atomic mass is 9.49. The standard InChI is InChI=1S/C28H39N5/c1-18-26(16-32(2)31-18)22-3-4-27(29-13-22)30-25-8-23-14-33(15-24(23)9-25)17-28-10-19-5-20(11-28)7-21(6-19)12-28/h3-4,13,16,19-21,23-25H,5-12,14-15,17H2,1-2H3,(H,29,30)/t19?,20?,21?,23-,24+,25-,28?. The van der Waals surface area contributed by atoms with E-state index in [4.69, 9.17) is 4.98 Å². The molecule has 0 aromatic carbocycles. The van der Waals surface area contributed by atoms with Crippen LogP contribution < -0.4 is 5.32 Å². The van der Waals surface area contributed by atoms with E-state index in [0.717, 1.165) is 46.7 Å². The van der Waals surface area contributed by atoms with Crippen LogP contribution in [0.4, 0.5) is 5.82 Å². The highest BCUT2D eigenvalue weighted by atomic mass is 15.2. The molecule has 2 aromatic heterocycles. The molecule has 176 valence electrons. The van der Waals surface area contributed by atoms with Gasteiger partial charge in [0.25, 0.3) is 0 Å². The lowest BCUT2D eigenvalue weighted by molar-refractivity contribution is -0.0672. The van der Waals surface area contributed by atoms with E-state index < -0.39 is 0 Å². The first kappa shape index (κ1) is 20.5. The molecule has 33 heavy (non-hydrogen) atoms. The fourth-order valence-electron chi connectivity index (χ4n) is 9.33. The summed E-state index contributed by atoms with van der Waals surface area (Å²) in [6.45, 7) is 6.16. The second kappa shape index (κ2) is 7.56. The molecule has 0 radical (unpaired) electrons. The van der Waals surface area contributed by atoms with Crippen LogP contribution in [-0.4, -0.2) is 45.3 Å². The number of hydrogen-bond acceptors (Lipinski definition) is 4. The van der Waals surface area contributed by atoms with Gasteiger partial charge in [-0.3, -0.25) is 4.68 Å². The molecule has 0 unspecified atom stereocenters. The van der Waals surface area contributed by atoms with Crippen molar-refractivity contribution in [1.82, 2.24) is 19.7 Å². The number of aromatic nitrogens is 3. The van der Waals surface area contributed by atoms with Crippen LogP contribution in [0, 0.1) is 41.9 Å². The minimum atomic E-state index is 0.583. The fraction of sp³-hybridized carbons (Fsp3) is 0.714. The molecule has 1 aliphatic heterocycles. The molecule has 3 atom stereocenters. The van der Waals surface area contributed by atoms with Crippen LogP contribution in [0.15, 0.2) is 24.5 Å². The second-order valence-corrected chi connectivity index (χ2v) is 12.7. The minimum Gasteiger partial charge on any atom is -0.367 e. The van der Waals surface area contributed by atoms with Gasteiger partial charge < -0.3 is 10.2 Å². The first-order valence-corrected chi connectivity index (χ1v) is 13.5. The highest BCUT2D eigenvalue weighted by Crippen LogP contribution is 2.60. The van der Waals surface area contributed by atoms with E-state index in [1.807, 2.05) is 17.9 Å². The van der Waals surface area contributed by atoms with E-state index in [1.165, 1.54) is 38.0 Å². The molecule has 5 nitrogen and oxygen atoms in total. The Hall–Kier alpha value is -1.88. The topological polar surface area (TPSA) is 46.0 Å². The molecule has 5 heteroatoms. The molecule has 2 aromatic rings. The number of rotatable bonds is 5. The first-order valence-electron chi connectivity index (χ1n) is 13.5. The smallest absolute Gasteiger partial charge is 0.126 e. The Morgan fingerprint density at radius 3 is 2.18 bits per heavy atom. The van der Waals surface area contributed by atoms with Gasteiger partial charge in [-0.25, -0.2) is 4.98 Å². The van der Waals surface area contributed by atoms with Crippen LogP contribution in [0.2, 0.25) is 0 Å². The van der Waals surface area contributed by atoms with Crippen molar-refractivity contribution in [3.63, 3.8) is 0 Å². The summed E-state index contributed by atoms with van der Waals surface area (Å²) in [5.41, 5.74) is 4.08. The van der Waals surface area contributed by atoms with Crippen molar-refractivity contribution in [2.45, 2.75) is 64.3 Å². The molecule has 6 aliphatic rings. The molecule has 4 bridgehead atoms. The molecular weight excluding hydrogens is 406 g/mol. The van der Waals surface area contributed by atoms with Gasteiger partial charge in [-0.15, -0.1) is 0 Å². The van der Waals surface area contributed by atoms with Crippen molar-refractivity contribution in [3.05, 3.63) is 30.2 Å². The van der Waals surface area contributed by atoms with Crippen LogP contribution >= 0.6 is 0 Å². The maximum absolute atomic E-state index is 4.74. The van der Waals surface area contributed by atoms with Crippen molar-refractivity contribution >= 4 is 5.82 Å². The number of anilines is 1. The third-order valence-electron chi connectivity index (χ3n) is 9.99. The summed E-state index contributed by atoms with van der Waals surface area (Å²) in [5.74, 6) is 6.02. The van der Waals surface area contributed by atoms with Crippen molar-refractivity contribution < 1.29 is 0 Å². The summed E-state index contributed by atoms with van der Waals surface area (Å²) in [5, 5.41) is 8.22. The third kappa shape index (κ3) is 3.71. The van der Waals surface area contributed by atoms with E-state index in [1.54, 1.807) is 38.5 Å². The monoisotopic (exact) mass is 445 g/mol. The Morgan fingerprint density at radius 1 is 0.970 bits per heavy atom. The summed E-state index contributed by atoms with van der Waals surface area (Å²) >= 11 is 0. The number of pyridine rings is 1. The summed E-state index contributed by atoms with van der Waals surface area (Å²) < 4.78 is 1.88. The lowest BCUT2D eigenvalue weighted by Gasteiger charge is -2.57. The Labute approximate surface area is 198 Å². The molecule has 5 saturated carbocycles. The van der Waals surface area contributed by atoms with Crippen molar-refractivity contribution in [2.75, 3.05) is 25.0 Å². The lowest BCUT2D eigenvalue weighted by Crippen LogP contribution is -2.51. The molecule has 8 rings (SSSR count). The van der Waals surface area contributed by atoms with E-state index >= 15 is 0 Å². The van der Waals surface area contributed by atoms with E-state index in [-0.39, 0.29) is 0 Å². The third-order valence-corrected chi connectivity index (χ3v) is 9.99. The van der Waals surface area contributed by atoms with E-state index in [0.29, 0.717) is 11.5 Å². The van der Waals surface area contributed by atoms with Gasteiger partial charge >= 0.3 is 0 Å². The van der Waals surface area contributed by atoms with Crippen LogP contribution in [-0.2, 0) is 7.05 Å². The van der Waals surface area contributed by atoms with Crippen LogP contribution in [0.1, 0.15) is 57.1 Å². The van der Waals surface area contributed by atoms with Gasteiger partial charge in [-0.1, -0.05) is 0 Å². The second-order valence-electron chi connectivity index (χ2n) is 12.7. The highest BCUT2D eigenvalue weighted by Gasteiger charge is 2.52. The minimum absolute atomic E-state index is 0.583. The Bertz CT molecular complexity index is 974. The number of aryl methyl sites for hydroxylation is 2. The molecule has 0 amide bonds. The largest absolute Gasteiger partial charge is 0.367 e. The van der Waals surface area contributed by atoms with Crippen molar-refractivity contribution in [1.29, 1.82) is 0 Å². The van der Waals surface area contributed by atoms with Crippen molar-refractivity contribution in [3.8, 4) is 11.1 Å². The Kier molecular flexibility index (Phi) is 4.69. The van der Waals surface area contributed by atoms with Crippen LogP contribution in [0.5, 0.6) is 0 Å². The number of hydrogen-bond donors (Lipinski definition) is 1. The molecule has 0 spiro atoms. The summed E-state index contributed by atoms with van der Waals surface area (Å²) in [6.07, 6.45) is 16.0. The molecule has 1 N–H and O–H groups in total. The maximum Gasteiger partial charge on any atom is 0.126 e. The number of nitrogens with one attached hydrogen (secondary N) is 1. The van der Waals surface area contributed by atoms with Gasteiger partial charge in [0.1, 0.15) is 5.82 Å². The number of nitrogens with zero attached hydrogens (tertiary/aromatic N) is 4. The molecular formula is C28H39N5. The Morgan fingerprint density at radius 2 is 1.64 bits per heavy atom. The average Bonchev–Trinajstić information content (AvgIpc) is 3.39. The molecule has 5 aliphatic carbocycles. The predicted molar refractivity (Wildman–Crippen MR) is 132 cm³/mol. The Balaban J connectivity index is 0.947. The number of fused-ring (bicyclic) bond motifs is 1. The zero-order valence-corrected chi connectivity index (χ0v) is 20.3. The molecule has 1 saturated heterocycles. The van der Waals surface area contributed by atoms with E-state index in [2.05, 4.69) is 40.6 Å². The number of likely N-dealkylation sites (tertiary alicyclic amines) is 1. The quantitative estimate of drug-likeness (QED) is 0.693. The van der Waals surface area contributed by atoms with Crippen LogP contribution in [0.25, 0.3) is 11.1 Å². The normalized spacial score (nSPS) is 39.3. The average molecular weight is 446 g/mol. The van der Waals surface area contributed by atoms with Gasteiger partial charge in [0.05, 0.1) is 5.69 Å². The van der Waals surface area contributed by atoms with Gasteiger partial charge in [0.15, 0.2) is 0 Å². The van der Waals surface area contributed by atoms with E-state index in [9.17, 15) is 0 Å². The first-order chi connectivity index (χ1) is 16.0. The molecule has 6 fully saturated rings. The fourth-order valence-corrected chi connectivity index (χ4v) is 9.33. The van der Waals surface area contributed by atoms with Crippen molar-refractivity contribution in [2.24, 2.45) is 42.1 Å². The zero-order valence-electron chi connectivity index (χ0n) is 20.3. The molecule has 3 heterocycles. The van der Waals surface area contributed by atoms with Gasteiger partial charge in [0.2, 0.25) is 0 Å². The zero-order chi connectivity index (χ0) is 22.2. The SMILES string of the molecule is Cc1nn(C)cc1-c1ccc(N[C@@H]2C[C@@H]3CN(CC45CC6CC(CC(C6)C4)C5)C[C@@H]3C2)nc1. The van der Waals surface area contributed by atoms with Gasteiger partial charge in [-0.2, -0.15) is 5.10 Å². The predicted octanol–water partition coefficient (Wildman–Crippen LogP) is 5.13. The van der Waals surface area contributed by atoms with Gasteiger partial charge in [-0.05, 0) is 105 Å². The maximum atomic E-state index is 4.74. The van der Waals surface area contributed by atoms with Gasteiger partial charge in [0, 0.05) is 56.2 Å². The van der Waals surface area contributed by atoms with Crippen LogP contribution in [0.3, 0.4) is 0 Å².